The number of hydrogen-bond acceptors (Lipinski definition) is 2. The number of nitrogens with zero attached hydrogens (tertiary/aromatic N) is 1. The molecule has 1 aromatic heterocycles. The van der Waals surface area contributed by atoms with Crippen LogP contribution in [0.4, 0.5) is 4.39 Å². The number of benzene rings is 1. The van der Waals surface area contributed by atoms with Gasteiger partial charge >= 0.3 is 0 Å². The maximum absolute atomic E-state index is 13.7. The Labute approximate surface area is 104 Å². The summed E-state index contributed by atoms with van der Waals surface area (Å²) in [5.41, 5.74) is 1.39. The highest BCUT2D eigenvalue weighted by Crippen LogP contribution is 2.28. The van der Waals surface area contributed by atoms with Gasteiger partial charge in [0.1, 0.15) is 5.82 Å². The Morgan fingerprint density at radius 3 is 2.65 bits per heavy atom. The van der Waals surface area contributed by atoms with Crippen molar-refractivity contribution in [2.75, 3.05) is 7.05 Å². The Morgan fingerprint density at radius 2 is 2.00 bits per heavy atom. The van der Waals surface area contributed by atoms with Gasteiger partial charge < -0.3 is 5.32 Å². The number of hydrogen-bond donors (Lipinski definition) is 1. The van der Waals surface area contributed by atoms with Crippen molar-refractivity contribution in [1.82, 2.24) is 10.3 Å². The van der Waals surface area contributed by atoms with E-state index in [0.29, 0.717) is 10.6 Å². The Bertz CT molecular complexity index is 471. The zero-order valence-electron chi connectivity index (χ0n) is 9.32. The zero-order chi connectivity index (χ0) is 12.3. The zero-order valence-corrected chi connectivity index (χ0v) is 10.1. The number of halogens is 2. The monoisotopic (exact) mass is 250 g/mol. The topological polar surface area (TPSA) is 24.9 Å². The van der Waals surface area contributed by atoms with Crippen LogP contribution in [0.1, 0.15) is 17.2 Å². The summed E-state index contributed by atoms with van der Waals surface area (Å²) in [6.07, 6.45) is 3.20. The van der Waals surface area contributed by atoms with Crippen molar-refractivity contribution >= 4 is 11.6 Å². The van der Waals surface area contributed by atoms with Gasteiger partial charge in [-0.2, -0.15) is 0 Å². The van der Waals surface area contributed by atoms with Crippen molar-refractivity contribution in [3.63, 3.8) is 0 Å². The molecule has 4 heteroatoms. The van der Waals surface area contributed by atoms with E-state index in [4.69, 9.17) is 11.6 Å². The van der Waals surface area contributed by atoms with Gasteiger partial charge in [0.15, 0.2) is 0 Å². The molecule has 0 saturated carbocycles. The minimum Gasteiger partial charge on any atom is -0.309 e. The summed E-state index contributed by atoms with van der Waals surface area (Å²) in [4.78, 5) is 3.92. The molecule has 2 rings (SSSR count). The summed E-state index contributed by atoms with van der Waals surface area (Å²) >= 11 is 6.08. The molecule has 2 aromatic rings. The fourth-order valence-electron chi connectivity index (χ4n) is 1.81. The third kappa shape index (κ3) is 2.46. The Hall–Kier alpha value is -1.45. The molecule has 0 aliphatic heterocycles. The van der Waals surface area contributed by atoms with Crippen molar-refractivity contribution < 1.29 is 4.39 Å². The van der Waals surface area contributed by atoms with Crippen LogP contribution in [0.2, 0.25) is 5.02 Å². The highest BCUT2D eigenvalue weighted by molar-refractivity contribution is 6.31. The summed E-state index contributed by atoms with van der Waals surface area (Å²) in [7, 11) is 1.77. The Kier molecular flexibility index (Phi) is 3.71. The number of rotatable bonds is 3. The average Bonchev–Trinajstić information content (AvgIpc) is 2.34. The van der Waals surface area contributed by atoms with Crippen LogP contribution >= 0.6 is 11.6 Å². The molecule has 1 atom stereocenters. The van der Waals surface area contributed by atoms with Crippen LogP contribution in [0.5, 0.6) is 0 Å². The predicted octanol–water partition coefficient (Wildman–Crippen LogP) is 3.18. The number of aromatic nitrogens is 1. The predicted molar refractivity (Wildman–Crippen MR) is 66.5 cm³/mol. The molecule has 0 aliphatic carbocycles. The normalized spacial score (nSPS) is 12.4. The van der Waals surface area contributed by atoms with E-state index in [9.17, 15) is 4.39 Å². The second-order valence-electron chi connectivity index (χ2n) is 3.64. The van der Waals surface area contributed by atoms with Crippen molar-refractivity contribution in [3.8, 4) is 0 Å². The smallest absolute Gasteiger partial charge is 0.128 e. The first-order chi connectivity index (χ1) is 8.24. The second kappa shape index (κ2) is 5.25. The fourth-order valence-corrected chi connectivity index (χ4v) is 2.04. The van der Waals surface area contributed by atoms with Crippen LogP contribution in [-0.4, -0.2) is 12.0 Å². The lowest BCUT2D eigenvalue weighted by Gasteiger charge is -2.18. The Balaban J connectivity index is 2.48. The molecule has 1 N–H and O–H groups in total. The van der Waals surface area contributed by atoms with Crippen molar-refractivity contribution in [3.05, 3.63) is 64.7 Å². The average molecular weight is 251 g/mol. The van der Waals surface area contributed by atoms with Crippen LogP contribution in [0.15, 0.2) is 42.7 Å². The van der Waals surface area contributed by atoms with Gasteiger partial charge in [0, 0.05) is 18.0 Å². The SMILES string of the molecule is CNC(c1ccccc1F)c1ccncc1Cl. The van der Waals surface area contributed by atoms with Gasteiger partial charge in [-0.05, 0) is 24.7 Å². The van der Waals surface area contributed by atoms with E-state index in [1.54, 1.807) is 43.7 Å². The van der Waals surface area contributed by atoms with E-state index in [1.807, 2.05) is 0 Å². The quantitative estimate of drug-likeness (QED) is 0.905. The lowest BCUT2D eigenvalue weighted by molar-refractivity contribution is 0.576. The van der Waals surface area contributed by atoms with Crippen LogP contribution in [0, 0.1) is 5.82 Å². The number of nitrogens with one attached hydrogen (secondary N) is 1. The summed E-state index contributed by atoms with van der Waals surface area (Å²) < 4.78 is 13.7. The van der Waals surface area contributed by atoms with Gasteiger partial charge in [-0.3, -0.25) is 4.98 Å². The maximum atomic E-state index is 13.7. The van der Waals surface area contributed by atoms with Gasteiger partial charge in [0.25, 0.3) is 0 Å². The van der Waals surface area contributed by atoms with E-state index in [2.05, 4.69) is 10.3 Å². The van der Waals surface area contributed by atoms with Crippen LogP contribution < -0.4 is 5.32 Å². The lowest BCUT2D eigenvalue weighted by Crippen LogP contribution is -2.19. The first-order valence-electron chi connectivity index (χ1n) is 5.25. The molecular formula is C13H12ClFN2. The molecule has 0 spiro atoms. The molecule has 1 aromatic carbocycles. The lowest BCUT2D eigenvalue weighted by atomic mass is 9.99. The van der Waals surface area contributed by atoms with E-state index in [1.165, 1.54) is 6.07 Å². The minimum atomic E-state index is -0.272. The second-order valence-corrected chi connectivity index (χ2v) is 4.05. The molecule has 88 valence electrons. The van der Waals surface area contributed by atoms with Crippen molar-refractivity contribution in [2.24, 2.45) is 0 Å². The van der Waals surface area contributed by atoms with Gasteiger partial charge in [-0.1, -0.05) is 29.8 Å². The molecule has 0 amide bonds. The standard InChI is InChI=1S/C13H12ClFN2/c1-16-13(9-6-7-17-8-11(9)14)10-4-2-3-5-12(10)15/h2-8,13,16H,1H3. The molecule has 0 fully saturated rings. The van der Waals surface area contributed by atoms with Crippen LogP contribution in [0.3, 0.4) is 0 Å². The minimum absolute atomic E-state index is 0.250. The fraction of sp³-hybridized carbons (Fsp3) is 0.154. The molecule has 2 nitrogen and oxygen atoms in total. The molecule has 1 unspecified atom stereocenters. The van der Waals surface area contributed by atoms with Crippen LogP contribution in [-0.2, 0) is 0 Å². The first kappa shape index (κ1) is 12.0. The molecular weight excluding hydrogens is 239 g/mol. The first-order valence-corrected chi connectivity index (χ1v) is 5.63. The third-order valence-electron chi connectivity index (χ3n) is 2.62. The number of pyridine rings is 1. The molecule has 0 bridgehead atoms. The maximum Gasteiger partial charge on any atom is 0.128 e. The molecule has 0 saturated heterocycles. The Morgan fingerprint density at radius 1 is 1.24 bits per heavy atom. The van der Waals surface area contributed by atoms with Crippen molar-refractivity contribution in [2.45, 2.75) is 6.04 Å². The van der Waals surface area contributed by atoms with E-state index < -0.39 is 0 Å². The summed E-state index contributed by atoms with van der Waals surface area (Å²) in [5.74, 6) is -0.250. The van der Waals surface area contributed by atoms with Gasteiger partial charge in [0.2, 0.25) is 0 Å². The summed E-state index contributed by atoms with van der Waals surface area (Å²) in [6.45, 7) is 0. The van der Waals surface area contributed by atoms with E-state index in [-0.39, 0.29) is 11.9 Å². The largest absolute Gasteiger partial charge is 0.309 e. The van der Waals surface area contributed by atoms with E-state index >= 15 is 0 Å². The molecule has 0 radical (unpaired) electrons. The van der Waals surface area contributed by atoms with E-state index in [0.717, 1.165) is 5.56 Å². The molecule has 0 aliphatic rings. The highest BCUT2D eigenvalue weighted by Gasteiger charge is 2.17. The molecule has 17 heavy (non-hydrogen) atoms. The van der Waals surface area contributed by atoms with Gasteiger partial charge in [0.05, 0.1) is 11.1 Å². The van der Waals surface area contributed by atoms with Crippen LogP contribution in [0.25, 0.3) is 0 Å². The van der Waals surface area contributed by atoms with Gasteiger partial charge in [-0.15, -0.1) is 0 Å². The van der Waals surface area contributed by atoms with Gasteiger partial charge in [-0.25, -0.2) is 4.39 Å². The van der Waals surface area contributed by atoms with Crippen molar-refractivity contribution in [1.29, 1.82) is 0 Å². The summed E-state index contributed by atoms with van der Waals surface area (Å²) in [6, 6.07) is 8.17. The molecule has 1 heterocycles. The third-order valence-corrected chi connectivity index (χ3v) is 2.94. The summed E-state index contributed by atoms with van der Waals surface area (Å²) in [5, 5.41) is 3.59. The highest BCUT2D eigenvalue weighted by atomic mass is 35.5.